The van der Waals surface area contributed by atoms with Crippen molar-refractivity contribution in [3.8, 4) is 17.2 Å². The van der Waals surface area contributed by atoms with Crippen LogP contribution in [-0.2, 0) is 0 Å². The van der Waals surface area contributed by atoms with Gasteiger partial charge in [-0.05, 0) is 42.0 Å². The van der Waals surface area contributed by atoms with E-state index >= 15 is 0 Å². The highest BCUT2D eigenvalue weighted by molar-refractivity contribution is 5.95. The summed E-state index contributed by atoms with van der Waals surface area (Å²) in [5.74, 6) is 2.01. The molecule has 1 fully saturated rings. The van der Waals surface area contributed by atoms with E-state index in [9.17, 15) is 4.79 Å². The van der Waals surface area contributed by atoms with Crippen molar-refractivity contribution < 1.29 is 19.0 Å². The molecule has 5 rings (SSSR count). The van der Waals surface area contributed by atoms with Gasteiger partial charge in [-0.25, -0.2) is 0 Å². The zero-order chi connectivity index (χ0) is 23.3. The van der Waals surface area contributed by atoms with Gasteiger partial charge in [-0.15, -0.1) is 0 Å². The molecular weight excluding hydrogens is 432 g/mol. The quantitative estimate of drug-likeness (QED) is 0.581. The second-order valence-electron chi connectivity index (χ2n) is 8.28. The van der Waals surface area contributed by atoms with E-state index in [1.54, 1.807) is 31.5 Å². The predicted molar refractivity (Wildman–Crippen MR) is 129 cm³/mol. The zero-order valence-electron chi connectivity index (χ0n) is 19.1. The Balaban J connectivity index is 1.27. The van der Waals surface area contributed by atoms with Crippen LogP contribution in [-0.4, -0.2) is 62.4 Å². The minimum Gasteiger partial charge on any atom is -0.495 e. The van der Waals surface area contributed by atoms with Crippen molar-refractivity contribution in [3.05, 3.63) is 78.1 Å². The molecule has 2 aromatic carbocycles. The van der Waals surface area contributed by atoms with Crippen molar-refractivity contribution in [2.24, 2.45) is 0 Å². The summed E-state index contributed by atoms with van der Waals surface area (Å²) in [6.45, 7) is 4.12. The van der Waals surface area contributed by atoms with Gasteiger partial charge in [-0.3, -0.25) is 14.7 Å². The lowest BCUT2D eigenvalue weighted by atomic mass is 10.1. The van der Waals surface area contributed by atoms with Gasteiger partial charge < -0.3 is 24.4 Å². The normalized spacial score (nSPS) is 16.2. The van der Waals surface area contributed by atoms with Crippen molar-refractivity contribution in [1.82, 2.24) is 15.2 Å². The molecule has 1 N–H and O–H groups in total. The highest BCUT2D eigenvalue weighted by Crippen LogP contribution is 2.33. The fourth-order valence-corrected chi connectivity index (χ4v) is 4.53. The maximum absolute atomic E-state index is 12.9. The third-order valence-corrected chi connectivity index (χ3v) is 6.34. The first-order valence-electron chi connectivity index (χ1n) is 11.4. The number of hydrogen-bond acceptors (Lipinski definition) is 7. The van der Waals surface area contributed by atoms with E-state index in [0.29, 0.717) is 23.6 Å². The maximum atomic E-state index is 12.9. The van der Waals surface area contributed by atoms with Crippen LogP contribution in [0.25, 0.3) is 0 Å². The van der Waals surface area contributed by atoms with Crippen molar-refractivity contribution in [3.63, 3.8) is 0 Å². The minimum absolute atomic E-state index is 0.0199. The number of piperazine rings is 1. The van der Waals surface area contributed by atoms with Gasteiger partial charge in [-0.1, -0.05) is 18.2 Å². The first kappa shape index (κ1) is 22.0. The average molecular weight is 461 g/mol. The van der Waals surface area contributed by atoms with E-state index in [1.165, 1.54) is 0 Å². The Morgan fingerprint density at radius 2 is 1.88 bits per heavy atom. The molecule has 1 saturated heterocycles. The number of hydrogen-bond donors (Lipinski definition) is 1. The molecule has 8 nitrogen and oxygen atoms in total. The molecule has 3 aromatic rings. The van der Waals surface area contributed by atoms with Crippen LogP contribution >= 0.6 is 0 Å². The van der Waals surface area contributed by atoms with Crippen molar-refractivity contribution in [2.75, 3.05) is 51.5 Å². The summed E-state index contributed by atoms with van der Waals surface area (Å²) < 4.78 is 16.3. The number of ether oxygens (including phenoxy) is 3. The van der Waals surface area contributed by atoms with Crippen LogP contribution in [0.5, 0.6) is 17.2 Å². The number of anilines is 1. The third kappa shape index (κ3) is 4.63. The standard InChI is InChI=1S/C26H28N4O4/c1-32-23-7-3-2-6-21(23)29-11-13-30(14-12-29)22(20-5-4-10-27-16-20)17-28-26(31)19-8-9-24-25(15-19)34-18-33-24/h2-10,15-16,22H,11-14,17-18H2,1H3,(H,28,31)/t22-/m1/s1. The minimum atomic E-state index is -0.139. The summed E-state index contributed by atoms with van der Waals surface area (Å²) in [4.78, 5) is 22.0. The molecular formula is C26H28N4O4. The van der Waals surface area contributed by atoms with Gasteiger partial charge in [-0.2, -0.15) is 0 Å². The summed E-state index contributed by atoms with van der Waals surface area (Å²) in [7, 11) is 1.70. The van der Waals surface area contributed by atoms with Crippen LogP contribution in [0.15, 0.2) is 67.0 Å². The van der Waals surface area contributed by atoms with E-state index in [0.717, 1.165) is 43.2 Å². The van der Waals surface area contributed by atoms with Gasteiger partial charge in [0, 0.05) is 50.7 Å². The van der Waals surface area contributed by atoms with Gasteiger partial charge in [0.1, 0.15) is 5.75 Å². The summed E-state index contributed by atoms with van der Waals surface area (Å²) in [6.07, 6.45) is 3.65. The molecule has 0 spiro atoms. The SMILES string of the molecule is COc1ccccc1N1CCN([C@H](CNC(=O)c2ccc3c(c2)OCO3)c2cccnc2)CC1. The number of pyridine rings is 1. The first-order valence-corrected chi connectivity index (χ1v) is 11.4. The lowest BCUT2D eigenvalue weighted by molar-refractivity contribution is 0.0929. The maximum Gasteiger partial charge on any atom is 0.251 e. The molecule has 1 amide bonds. The van der Waals surface area contributed by atoms with E-state index < -0.39 is 0 Å². The second kappa shape index (κ2) is 10.0. The van der Waals surface area contributed by atoms with Crippen LogP contribution in [0.4, 0.5) is 5.69 Å². The molecule has 2 aliphatic heterocycles. The Kier molecular flexibility index (Phi) is 6.49. The number of carbonyl (C=O) groups is 1. The fourth-order valence-electron chi connectivity index (χ4n) is 4.53. The van der Waals surface area contributed by atoms with E-state index in [4.69, 9.17) is 14.2 Å². The summed E-state index contributed by atoms with van der Waals surface area (Å²) in [5, 5.41) is 3.11. The van der Waals surface area contributed by atoms with Gasteiger partial charge in [0.15, 0.2) is 11.5 Å². The molecule has 0 bridgehead atoms. The second-order valence-corrected chi connectivity index (χ2v) is 8.28. The number of benzene rings is 2. The van der Waals surface area contributed by atoms with Crippen LogP contribution in [0.2, 0.25) is 0 Å². The van der Waals surface area contributed by atoms with Crippen molar-refractivity contribution in [1.29, 1.82) is 0 Å². The van der Waals surface area contributed by atoms with E-state index in [-0.39, 0.29) is 18.7 Å². The van der Waals surface area contributed by atoms with Gasteiger partial charge in [0.25, 0.3) is 5.91 Å². The Labute approximate surface area is 199 Å². The predicted octanol–water partition coefficient (Wildman–Crippen LogP) is 3.11. The van der Waals surface area contributed by atoms with Gasteiger partial charge in [0.05, 0.1) is 18.8 Å². The third-order valence-electron chi connectivity index (χ3n) is 6.34. The Bertz CT molecular complexity index is 1130. The lowest BCUT2D eigenvalue weighted by Crippen LogP contribution is -2.50. The molecule has 0 aliphatic carbocycles. The van der Waals surface area contributed by atoms with Crippen molar-refractivity contribution >= 4 is 11.6 Å². The smallest absolute Gasteiger partial charge is 0.251 e. The van der Waals surface area contributed by atoms with Gasteiger partial charge in [0.2, 0.25) is 6.79 Å². The van der Waals surface area contributed by atoms with Crippen LogP contribution in [0.1, 0.15) is 22.0 Å². The first-order chi connectivity index (χ1) is 16.7. The average Bonchev–Trinajstić information content (AvgIpc) is 3.38. The molecule has 0 saturated carbocycles. The van der Waals surface area contributed by atoms with E-state index in [2.05, 4.69) is 32.2 Å². The van der Waals surface area contributed by atoms with Crippen LogP contribution < -0.4 is 24.4 Å². The van der Waals surface area contributed by atoms with Crippen molar-refractivity contribution in [2.45, 2.75) is 6.04 Å². The van der Waals surface area contributed by atoms with Crippen LogP contribution in [0.3, 0.4) is 0 Å². The number of carbonyl (C=O) groups excluding carboxylic acids is 1. The number of aromatic nitrogens is 1. The number of amides is 1. The fraction of sp³-hybridized carbons (Fsp3) is 0.308. The molecule has 2 aliphatic rings. The molecule has 0 radical (unpaired) electrons. The molecule has 176 valence electrons. The van der Waals surface area contributed by atoms with Gasteiger partial charge >= 0.3 is 0 Å². The zero-order valence-corrected chi connectivity index (χ0v) is 19.1. The molecule has 0 unspecified atom stereocenters. The molecule has 8 heteroatoms. The van der Waals surface area contributed by atoms with E-state index in [1.807, 2.05) is 30.5 Å². The molecule has 3 heterocycles. The number of nitrogens with zero attached hydrogens (tertiary/aromatic N) is 3. The number of para-hydroxylation sites is 2. The number of rotatable bonds is 7. The summed E-state index contributed by atoms with van der Waals surface area (Å²) >= 11 is 0. The highest BCUT2D eigenvalue weighted by Gasteiger charge is 2.27. The highest BCUT2D eigenvalue weighted by atomic mass is 16.7. The number of fused-ring (bicyclic) bond motifs is 1. The molecule has 1 atom stereocenters. The molecule has 1 aromatic heterocycles. The Morgan fingerprint density at radius 3 is 2.68 bits per heavy atom. The molecule has 34 heavy (non-hydrogen) atoms. The summed E-state index contributed by atoms with van der Waals surface area (Å²) in [5.41, 5.74) is 2.74. The van der Waals surface area contributed by atoms with Crippen LogP contribution in [0, 0.1) is 0 Å². The largest absolute Gasteiger partial charge is 0.495 e. The topological polar surface area (TPSA) is 76.2 Å². The number of methoxy groups -OCH3 is 1. The Hall–Kier alpha value is -3.78. The Morgan fingerprint density at radius 1 is 1.06 bits per heavy atom. The number of nitrogens with one attached hydrogen (secondary N) is 1. The summed E-state index contributed by atoms with van der Waals surface area (Å²) in [6, 6.07) is 17.4. The lowest BCUT2D eigenvalue weighted by Gasteiger charge is -2.40. The monoisotopic (exact) mass is 460 g/mol.